The highest BCUT2D eigenvalue weighted by atomic mass is 35.5. The Bertz CT molecular complexity index is 454. The number of carbonyl (C=O) groups excluding carboxylic acids is 2. The van der Waals surface area contributed by atoms with Crippen LogP contribution in [0.5, 0.6) is 0 Å². The molecule has 3 heterocycles. The van der Waals surface area contributed by atoms with Crippen molar-refractivity contribution in [3.05, 3.63) is 0 Å². The largest absolute Gasteiger partial charge is 0.352 e. The second-order valence-corrected chi connectivity index (χ2v) is 8.20. The molecule has 4 N–H and O–H groups in total. The van der Waals surface area contributed by atoms with Gasteiger partial charge in [-0.25, -0.2) is 4.79 Å². The summed E-state index contributed by atoms with van der Waals surface area (Å²) < 4.78 is 0. The first kappa shape index (κ1) is 19.7. The van der Waals surface area contributed by atoms with Crippen LogP contribution in [0, 0.1) is 0 Å². The van der Waals surface area contributed by atoms with Crippen LogP contribution in [0.1, 0.15) is 45.4 Å². The molecule has 0 radical (unpaired) electrons. The van der Waals surface area contributed by atoms with Crippen LogP contribution in [0.4, 0.5) is 4.79 Å². The van der Waals surface area contributed by atoms with Crippen LogP contribution in [0.2, 0.25) is 0 Å². The maximum absolute atomic E-state index is 12.1. The Morgan fingerprint density at radius 1 is 1.33 bits per heavy atom. The lowest BCUT2D eigenvalue weighted by Crippen LogP contribution is -2.51. The standard InChI is InChI=1S/C16H28N4O2S.ClH/c1-10-11(5-4-8-17-10)18-14(21)7-3-2-6-13-15-12(9-23-13)19-16(22)20-15;/h10-13,15,17H,2-9H2,1H3,(H,18,21)(H2,19,20,22);1H. The summed E-state index contributed by atoms with van der Waals surface area (Å²) >= 11 is 1.94. The van der Waals surface area contributed by atoms with E-state index in [4.69, 9.17) is 0 Å². The van der Waals surface area contributed by atoms with E-state index in [9.17, 15) is 9.59 Å². The molecule has 0 saturated carbocycles. The molecule has 138 valence electrons. The summed E-state index contributed by atoms with van der Waals surface area (Å²) in [6, 6.07) is 1.19. The number of piperidine rings is 1. The van der Waals surface area contributed by atoms with Crippen LogP contribution in [0.25, 0.3) is 0 Å². The third-order valence-corrected chi connectivity index (χ3v) is 6.70. The smallest absolute Gasteiger partial charge is 0.315 e. The van der Waals surface area contributed by atoms with Gasteiger partial charge in [0.15, 0.2) is 0 Å². The van der Waals surface area contributed by atoms with Crippen LogP contribution >= 0.6 is 24.2 Å². The van der Waals surface area contributed by atoms with Gasteiger partial charge in [-0.2, -0.15) is 11.8 Å². The fourth-order valence-electron chi connectivity index (χ4n) is 3.79. The first-order valence-corrected chi connectivity index (χ1v) is 9.90. The zero-order valence-electron chi connectivity index (χ0n) is 14.2. The van der Waals surface area contributed by atoms with Gasteiger partial charge in [0, 0.05) is 29.5 Å². The monoisotopic (exact) mass is 376 g/mol. The highest BCUT2D eigenvalue weighted by Crippen LogP contribution is 2.33. The van der Waals surface area contributed by atoms with Gasteiger partial charge in [-0.05, 0) is 39.2 Å². The summed E-state index contributed by atoms with van der Waals surface area (Å²) in [4.78, 5) is 23.4. The molecule has 0 aliphatic carbocycles. The van der Waals surface area contributed by atoms with Crippen LogP contribution in [0.3, 0.4) is 0 Å². The van der Waals surface area contributed by atoms with E-state index in [1.807, 2.05) is 11.8 Å². The predicted molar refractivity (Wildman–Crippen MR) is 99.8 cm³/mol. The lowest BCUT2D eigenvalue weighted by atomic mass is 9.99. The maximum Gasteiger partial charge on any atom is 0.315 e. The number of halogens is 1. The summed E-state index contributed by atoms with van der Waals surface area (Å²) in [7, 11) is 0. The van der Waals surface area contributed by atoms with Crippen LogP contribution in [0.15, 0.2) is 0 Å². The van der Waals surface area contributed by atoms with Crippen molar-refractivity contribution in [2.24, 2.45) is 0 Å². The molecule has 3 aliphatic rings. The van der Waals surface area contributed by atoms with Gasteiger partial charge >= 0.3 is 6.03 Å². The molecule has 3 fully saturated rings. The molecule has 5 atom stereocenters. The second kappa shape index (κ2) is 9.15. The number of hydrogen-bond donors (Lipinski definition) is 4. The third kappa shape index (κ3) is 4.92. The number of carbonyl (C=O) groups is 2. The topological polar surface area (TPSA) is 82.3 Å². The van der Waals surface area contributed by atoms with Crippen LogP contribution in [-0.4, -0.2) is 53.7 Å². The van der Waals surface area contributed by atoms with E-state index in [0.717, 1.165) is 44.4 Å². The Balaban J connectivity index is 0.00000208. The van der Waals surface area contributed by atoms with Crippen molar-refractivity contribution in [2.75, 3.05) is 12.3 Å². The van der Waals surface area contributed by atoms with Gasteiger partial charge in [-0.1, -0.05) is 6.42 Å². The van der Waals surface area contributed by atoms with E-state index in [0.29, 0.717) is 23.8 Å². The fraction of sp³-hybridized carbons (Fsp3) is 0.875. The second-order valence-electron chi connectivity index (χ2n) is 6.93. The molecule has 3 amide bonds. The zero-order valence-corrected chi connectivity index (χ0v) is 15.8. The molecular weight excluding hydrogens is 348 g/mol. The normalized spacial score (nSPS) is 34.7. The SMILES string of the molecule is CC1NCCCC1NC(=O)CCCCC1SCC2NC(=O)NC21.Cl. The fourth-order valence-corrected chi connectivity index (χ4v) is 5.34. The Kier molecular flexibility index (Phi) is 7.50. The number of thioether (sulfide) groups is 1. The number of nitrogens with one attached hydrogen (secondary N) is 4. The number of fused-ring (bicyclic) bond motifs is 1. The van der Waals surface area contributed by atoms with E-state index < -0.39 is 0 Å². The maximum atomic E-state index is 12.1. The summed E-state index contributed by atoms with van der Waals surface area (Å²) in [5, 5.41) is 13.0. The van der Waals surface area contributed by atoms with Crippen molar-refractivity contribution >= 4 is 36.1 Å². The quantitative estimate of drug-likeness (QED) is 0.417. The number of urea groups is 1. The Morgan fingerprint density at radius 2 is 2.17 bits per heavy atom. The molecular formula is C16H29ClN4O2S. The van der Waals surface area contributed by atoms with E-state index in [1.54, 1.807) is 0 Å². The molecule has 3 rings (SSSR count). The summed E-state index contributed by atoms with van der Waals surface area (Å²) in [5.41, 5.74) is 0. The van der Waals surface area contributed by atoms with Crippen molar-refractivity contribution in [2.45, 2.75) is 74.9 Å². The molecule has 0 aromatic rings. The molecule has 3 saturated heterocycles. The molecule has 3 aliphatic heterocycles. The predicted octanol–water partition coefficient (Wildman–Crippen LogP) is 1.39. The lowest BCUT2D eigenvalue weighted by molar-refractivity contribution is -0.122. The van der Waals surface area contributed by atoms with E-state index in [2.05, 4.69) is 28.2 Å². The van der Waals surface area contributed by atoms with Gasteiger partial charge in [0.1, 0.15) is 0 Å². The van der Waals surface area contributed by atoms with Crippen molar-refractivity contribution in [3.63, 3.8) is 0 Å². The lowest BCUT2D eigenvalue weighted by Gasteiger charge is -2.30. The van der Waals surface area contributed by atoms with Crippen molar-refractivity contribution in [1.29, 1.82) is 0 Å². The molecule has 5 unspecified atom stereocenters. The van der Waals surface area contributed by atoms with E-state index in [-0.39, 0.29) is 36.4 Å². The molecule has 0 spiro atoms. The van der Waals surface area contributed by atoms with Crippen LogP contribution in [-0.2, 0) is 4.79 Å². The van der Waals surface area contributed by atoms with Crippen LogP contribution < -0.4 is 21.3 Å². The highest BCUT2D eigenvalue weighted by Gasteiger charge is 2.42. The average molecular weight is 377 g/mol. The van der Waals surface area contributed by atoms with E-state index >= 15 is 0 Å². The zero-order chi connectivity index (χ0) is 16.2. The van der Waals surface area contributed by atoms with Crippen molar-refractivity contribution < 1.29 is 9.59 Å². The van der Waals surface area contributed by atoms with Crippen molar-refractivity contribution in [3.8, 4) is 0 Å². The van der Waals surface area contributed by atoms with Gasteiger partial charge in [-0.15, -0.1) is 12.4 Å². The molecule has 0 bridgehead atoms. The minimum absolute atomic E-state index is 0. The minimum Gasteiger partial charge on any atom is -0.352 e. The highest BCUT2D eigenvalue weighted by molar-refractivity contribution is 8.00. The molecule has 8 heteroatoms. The number of unbranched alkanes of at least 4 members (excludes halogenated alkanes) is 1. The van der Waals surface area contributed by atoms with Crippen molar-refractivity contribution in [1.82, 2.24) is 21.3 Å². The average Bonchev–Trinajstić information content (AvgIpc) is 3.06. The molecule has 0 aromatic heterocycles. The summed E-state index contributed by atoms with van der Waals surface area (Å²) in [6.07, 6.45) is 5.87. The number of rotatable bonds is 6. The van der Waals surface area contributed by atoms with Gasteiger partial charge in [0.25, 0.3) is 0 Å². The van der Waals surface area contributed by atoms with E-state index in [1.165, 1.54) is 0 Å². The Labute approximate surface area is 154 Å². The Morgan fingerprint density at radius 3 is 2.96 bits per heavy atom. The molecule has 0 aromatic carbocycles. The van der Waals surface area contributed by atoms with Gasteiger partial charge in [0.05, 0.1) is 12.1 Å². The number of hydrogen-bond acceptors (Lipinski definition) is 4. The number of amides is 3. The molecule has 24 heavy (non-hydrogen) atoms. The Hall–Kier alpha value is -0.660. The third-order valence-electron chi connectivity index (χ3n) is 5.19. The first-order chi connectivity index (χ1) is 11.1. The van der Waals surface area contributed by atoms with Gasteiger partial charge in [-0.3, -0.25) is 4.79 Å². The minimum atomic E-state index is -0.0279. The van der Waals surface area contributed by atoms with Gasteiger partial charge < -0.3 is 21.3 Å². The van der Waals surface area contributed by atoms with Gasteiger partial charge in [0.2, 0.25) is 5.91 Å². The molecule has 6 nitrogen and oxygen atoms in total. The summed E-state index contributed by atoms with van der Waals surface area (Å²) in [5.74, 6) is 1.18. The summed E-state index contributed by atoms with van der Waals surface area (Å²) in [6.45, 7) is 3.20. The first-order valence-electron chi connectivity index (χ1n) is 8.85.